The van der Waals surface area contributed by atoms with E-state index in [4.69, 9.17) is 9.15 Å². The molecular formula is C17H24N4O4. The normalized spacial score (nSPS) is 16.4. The van der Waals surface area contributed by atoms with Gasteiger partial charge in [-0.05, 0) is 33.6 Å². The summed E-state index contributed by atoms with van der Waals surface area (Å²) < 4.78 is 11.2. The molecule has 1 aliphatic rings. The maximum atomic E-state index is 12.4. The number of rotatable bonds is 5. The van der Waals surface area contributed by atoms with Gasteiger partial charge in [-0.2, -0.15) is 5.10 Å². The molecule has 3 heterocycles. The maximum absolute atomic E-state index is 12.4. The number of fused-ring (bicyclic) bond motifs is 1. The number of nitrogens with one attached hydrogen (secondary N) is 2. The van der Waals surface area contributed by atoms with Gasteiger partial charge in [-0.25, -0.2) is 5.10 Å². The fourth-order valence-electron chi connectivity index (χ4n) is 3.37. The third-order valence-electron chi connectivity index (χ3n) is 4.56. The van der Waals surface area contributed by atoms with Gasteiger partial charge in [0.1, 0.15) is 11.1 Å². The number of hydrogen-bond acceptors (Lipinski definition) is 6. The van der Waals surface area contributed by atoms with Crippen molar-refractivity contribution in [2.24, 2.45) is 0 Å². The Hall–Kier alpha value is -2.19. The number of H-pyrrole nitrogens is 1. The van der Waals surface area contributed by atoms with E-state index in [9.17, 15) is 9.59 Å². The van der Waals surface area contributed by atoms with Crippen LogP contribution in [-0.2, 0) is 9.53 Å². The average molecular weight is 348 g/mol. The summed E-state index contributed by atoms with van der Waals surface area (Å²) in [5, 5.41) is 10.1. The first-order valence-corrected chi connectivity index (χ1v) is 8.61. The van der Waals surface area contributed by atoms with E-state index in [1.807, 2.05) is 6.92 Å². The predicted octanol–water partition coefficient (Wildman–Crippen LogP) is 1.57. The summed E-state index contributed by atoms with van der Waals surface area (Å²) in [5.41, 5.74) is 0.291. The number of furan rings is 1. The maximum Gasteiger partial charge on any atom is 0.277 e. The summed E-state index contributed by atoms with van der Waals surface area (Å²) in [6.07, 6.45) is 2.14. The number of amides is 1. The van der Waals surface area contributed by atoms with Gasteiger partial charge in [-0.3, -0.25) is 19.8 Å². The van der Waals surface area contributed by atoms with Crippen molar-refractivity contribution in [1.29, 1.82) is 0 Å². The Morgan fingerprint density at radius 3 is 2.76 bits per heavy atom. The molecule has 2 aromatic rings. The van der Waals surface area contributed by atoms with Gasteiger partial charge in [0, 0.05) is 19.7 Å². The number of carbonyl (C=O) groups excluding carboxylic acids is 1. The second-order valence-corrected chi connectivity index (χ2v) is 6.35. The molecule has 1 aliphatic heterocycles. The van der Waals surface area contributed by atoms with E-state index < -0.39 is 0 Å². The molecule has 8 heteroatoms. The van der Waals surface area contributed by atoms with Gasteiger partial charge in [0.2, 0.25) is 11.8 Å². The highest BCUT2D eigenvalue weighted by molar-refractivity contribution is 6.01. The number of anilines is 1. The third kappa shape index (κ3) is 3.74. The monoisotopic (exact) mass is 348 g/mol. The molecule has 1 fully saturated rings. The van der Waals surface area contributed by atoms with E-state index in [0.717, 1.165) is 32.5 Å². The minimum Gasteiger partial charge on any atom is -0.444 e. The van der Waals surface area contributed by atoms with Crippen LogP contribution in [0.5, 0.6) is 0 Å². The zero-order valence-electron chi connectivity index (χ0n) is 14.8. The van der Waals surface area contributed by atoms with Gasteiger partial charge in [0.05, 0.1) is 23.7 Å². The Kier molecular flexibility index (Phi) is 5.19. The molecule has 0 unspecified atom stereocenters. The lowest BCUT2D eigenvalue weighted by atomic mass is 10.1. The number of aromatic amines is 1. The van der Waals surface area contributed by atoms with Crippen molar-refractivity contribution >= 4 is 22.6 Å². The second kappa shape index (κ2) is 7.37. The van der Waals surface area contributed by atoms with Crippen LogP contribution in [0.25, 0.3) is 10.8 Å². The summed E-state index contributed by atoms with van der Waals surface area (Å²) in [5.74, 6) is 0.562. The number of likely N-dealkylation sites (tertiary alicyclic amines) is 1. The Morgan fingerprint density at radius 1 is 1.36 bits per heavy atom. The van der Waals surface area contributed by atoms with Crippen molar-refractivity contribution in [2.75, 3.05) is 31.6 Å². The van der Waals surface area contributed by atoms with Crippen LogP contribution in [-0.4, -0.2) is 53.3 Å². The molecule has 3 rings (SSSR count). The van der Waals surface area contributed by atoms with Gasteiger partial charge in [0.15, 0.2) is 0 Å². The van der Waals surface area contributed by atoms with Crippen LogP contribution in [0.3, 0.4) is 0 Å². The Labute approximate surface area is 145 Å². The SMILES string of the molecule is CCOC1CCN(CC(=O)Nc2oc(C)c3c(C)n[nH]c(=O)c23)CC1. The van der Waals surface area contributed by atoms with Crippen LogP contribution in [0, 0.1) is 13.8 Å². The first kappa shape index (κ1) is 17.6. The molecule has 0 spiro atoms. The van der Waals surface area contributed by atoms with E-state index in [1.54, 1.807) is 13.8 Å². The largest absolute Gasteiger partial charge is 0.444 e. The summed E-state index contributed by atoms with van der Waals surface area (Å²) >= 11 is 0. The second-order valence-electron chi connectivity index (χ2n) is 6.35. The standard InChI is InChI=1S/C17H24N4O4/c1-4-24-12-5-7-21(8-6-12)9-13(22)18-17-15-14(11(3)25-17)10(2)19-20-16(15)23/h12H,4-9H2,1-3H3,(H,18,22)(H,20,23). The number of piperidine rings is 1. The molecule has 0 aliphatic carbocycles. The van der Waals surface area contributed by atoms with Gasteiger partial charge in [-0.15, -0.1) is 0 Å². The minimum absolute atomic E-state index is 0.188. The number of carbonyl (C=O) groups is 1. The van der Waals surface area contributed by atoms with Crippen molar-refractivity contribution in [3.05, 3.63) is 21.8 Å². The molecule has 0 atom stereocenters. The summed E-state index contributed by atoms with van der Waals surface area (Å²) in [6.45, 7) is 8.16. The number of nitrogens with zero attached hydrogens (tertiary/aromatic N) is 2. The number of aryl methyl sites for hydroxylation is 2. The third-order valence-corrected chi connectivity index (χ3v) is 4.56. The van der Waals surface area contributed by atoms with Crippen LogP contribution in [0.4, 0.5) is 5.88 Å². The van der Waals surface area contributed by atoms with Crippen LogP contribution < -0.4 is 10.9 Å². The lowest BCUT2D eigenvalue weighted by Gasteiger charge is -2.31. The zero-order valence-corrected chi connectivity index (χ0v) is 14.8. The molecule has 0 aromatic carbocycles. The van der Waals surface area contributed by atoms with Crippen LogP contribution >= 0.6 is 0 Å². The van der Waals surface area contributed by atoms with Gasteiger partial charge in [-0.1, -0.05) is 0 Å². The molecule has 2 aromatic heterocycles. The molecule has 0 radical (unpaired) electrons. The molecular weight excluding hydrogens is 324 g/mol. The van der Waals surface area contributed by atoms with Crippen molar-refractivity contribution in [2.45, 2.75) is 39.7 Å². The molecule has 2 N–H and O–H groups in total. The zero-order chi connectivity index (χ0) is 18.0. The molecule has 8 nitrogen and oxygen atoms in total. The van der Waals surface area contributed by atoms with E-state index in [-0.39, 0.29) is 30.0 Å². The molecule has 136 valence electrons. The molecule has 0 bridgehead atoms. The van der Waals surface area contributed by atoms with Crippen LogP contribution in [0.15, 0.2) is 9.21 Å². The number of hydrogen-bond donors (Lipinski definition) is 2. The van der Waals surface area contributed by atoms with Crippen LogP contribution in [0.1, 0.15) is 31.2 Å². The number of aromatic nitrogens is 2. The Bertz CT molecular complexity index is 818. The first-order chi connectivity index (χ1) is 12.0. The fourth-order valence-corrected chi connectivity index (χ4v) is 3.37. The van der Waals surface area contributed by atoms with Gasteiger partial charge in [0.25, 0.3) is 5.56 Å². The number of ether oxygens (including phenoxy) is 1. The lowest BCUT2D eigenvalue weighted by molar-refractivity contribution is -0.118. The summed E-state index contributed by atoms with van der Waals surface area (Å²) in [7, 11) is 0. The van der Waals surface area contributed by atoms with Gasteiger partial charge < -0.3 is 9.15 Å². The highest BCUT2D eigenvalue weighted by atomic mass is 16.5. The van der Waals surface area contributed by atoms with E-state index in [2.05, 4.69) is 20.4 Å². The summed E-state index contributed by atoms with van der Waals surface area (Å²) in [4.78, 5) is 26.5. The fraction of sp³-hybridized carbons (Fsp3) is 0.588. The Balaban J connectivity index is 1.67. The van der Waals surface area contributed by atoms with E-state index in [0.29, 0.717) is 22.2 Å². The quantitative estimate of drug-likeness (QED) is 0.851. The highest BCUT2D eigenvalue weighted by Crippen LogP contribution is 2.28. The van der Waals surface area contributed by atoms with Crippen molar-refractivity contribution < 1.29 is 13.9 Å². The van der Waals surface area contributed by atoms with E-state index >= 15 is 0 Å². The van der Waals surface area contributed by atoms with E-state index in [1.165, 1.54) is 0 Å². The van der Waals surface area contributed by atoms with Crippen molar-refractivity contribution in [1.82, 2.24) is 15.1 Å². The topological polar surface area (TPSA) is 100 Å². The first-order valence-electron chi connectivity index (χ1n) is 8.61. The van der Waals surface area contributed by atoms with Crippen molar-refractivity contribution in [3.63, 3.8) is 0 Å². The summed E-state index contributed by atoms with van der Waals surface area (Å²) in [6, 6.07) is 0. The average Bonchev–Trinajstić information content (AvgIpc) is 2.90. The minimum atomic E-state index is -0.370. The molecule has 1 saturated heterocycles. The molecule has 25 heavy (non-hydrogen) atoms. The lowest BCUT2D eigenvalue weighted by Crippen LogP contribution is -2.41. The molecule has 0 saturated carbocycles. The highest BCUT2D eigenvalue weighted by Gasteiger charge is 2.23. The smallest absolute Gasteiger partial charge is 0.277 e. The van der Waals surface area contributed by atoms with Crippen LogP contribution in [0.2, 0.25) is 0 Å². The van der Waals surface area contributed by atoms with Crippen molar-refractivity contribution in [3.8, 4) is 0 Å². The Morgan fingerprint density at radius 2 is 2.08 bits per heavy atom. The predicted molar refractivity (Wildman–Crippen MR) is 93.8 cm³/mol. The van der Waals surface area contributed by atoms with Gasteiger partial charge >= 0.3 is 0 Å². The molecule has 1 amide bonds.